The van der Waals surface area contributed by atoms with Crippen molar-refractivity contribution in [2.24, 2.45) is 0 Å². The number of esters is 1. The Bertz CT molecular complexity index is 954. The van der Waals surface area contributed by atoms with E-state index in [4.69, 9.17) is 9.47 Å². The number of fused-ring (bicyclic) bond motifs is 1. The average Bonchev–Trinajstić information content (AvgIpc) is 2.93. The number of rotatable bonds is 4. The molecule has 6 heteroatoms. The normalized spacial score (nSPS) is 10.8. The number of benzene rings is 1. The predicted octanol–water partition coefficient (Wildman–Crippen LogP) is 3.75. The summed E-state index contributed by atoms with van der Waals surface area (Å²) >= 11 is 1.49. The Labute approximate surface area is 142 Å². The maximum Gasteiger partial charge on any atom is 0.343 e. The average molecular weight is 343 g/mol. The number of nitrogens with one attached hydrogen (secondary N) is 1. The van der Waals surface area contributed by atoms with E-state index in [9.17, 15) is 9.59 Å². The fraction of sp³-hybridized carbons (Fsp3) is 0.222. The van der Waals surface area contributed by atoms with Crippen LogP contribution in [-0.4, -0.2) is 24.7 Å². The summed E-state index contributed by atoms with van der Waals surface area (Å²) in [7, 11) is 1.62. The van der Waals surface area contributed by atoms with Crippen LogP contribution in [0.2, 0.25) is 0 Å². The minimum absolute atomic E-state index is 0.0338. The van der Waals surface area contributed by atoms with Crippen molar-refractivity contribution in [3.8, 4) is 16.2 Å². The third kappa shape index (κ3) is 2.69. The second-order valence-electron chi connectivity index (χ2n) is 5.24. The highest BCUT2D eigenvalue weighted by atomic mass is 32.1. The summed E-state index contributed by atoms with van der Waals surface area (Å²) in [4.78, 5) is 29.4. The first kappa shape index (κ1) is 16.3. The van der Waals surface area contributed by atoms with Crippen LogP contribution in [0.15, 0.2) is 35.3 Å². The first-order valence-electron chi connectivity index (χ1n) is 7.53. The Morgan fingerprint density at radius 1 is 1.25 bits per heavy atom. The van der Waals surface area contributed by atoms with E-state index in [0.717, 1.165) is 26.6 Å². The Morgan fingerprint density at radius 2 is 1.96 bits per heavy atom. The van der Waals surface area contributed by atoms with Crippen molar-refractivity contribution in [3.63, 3.8) is 0 Å². The summed E-state index contributed by atoms with van der Waals surface area (Å²) < 4.78 is 10.1. The van der Waals surface area contributed by atoms with E-state index < -0.39 is 5.97 Å². The summed E-state index contributed by atoms with van der Waals surface area (Å²) in [6, 6.07) is 7.66. The molecule has 5 nitrogen and oxygen atoms in total. The van der Waals surface area contributed by atoms with Crippen molar-refractivity contribution in [2.45, 2.75) is 13.8 Å². The molecule has 3 aromatic rings. The van der Waals surface area contributed by atoms with Gasteiger partial charge >= 0.3 is 5.97 Å². The van der Waals surface area contributed by atoms with Crippen LogP contribution < -0.4 is 10.2 Å². The van der Waals surface area contributed by atoms with E-state index in [1.807, 2.05) is 31.2 Å². The fourth-order valence-corrected chi connectivity index (χ4v) is 3.78. The molecule has 0 spiro atoms. The smallest absolute Gasteiger partial charge is 0.343 e. The first-order valence-corrected chi connectivity index (χ1v) is 8.34. The highest BCUT2D eigenvalue weighted by Crippen LogP contribution is 2.36. The van der Waals surface area contributed by atoms with Gasteiger partial charge in [0.15, 0.2) is 0 Å². The molecule has 124 valence electrons. The minimum atomic E-state index is -0.600. The number of ether oxygens (including phenoxy) is 2. The molecule has 0 unspecified atom stereocenters. The third-order valence-electron chi connectivity index (χ3n) is 3.81. The zero-order valence-corrected chi connectivity index (χ0v) is 14.5. The molecule has 0 aliphatic heterocycles. The van der Waals surface area contributed by atoms with Gasteiger partial charge < -0.3 is 14.5 Å². The summed E-state index contributed by atoms with van der Waals surface area (Å²) in [6.45, 7) is 3.83. The van der Waals surface area contributed by atoms with Crippen LogP contribution in [-0.2, 0) is 4.74 Å². The number of hydrogen-bond acceptors (Lipinski definition) is 5. The molecule has 1 aromatic carbocycles. The largest absolute Gasteiger partial charge is 0.497 e. The second-order valence-corrected chi connectivity index (χ2v) is 6.26. The van der Waals surface area contributed by atoms with Crippen molar-refractivity contribution in [3.05, 3.63) is 51.8 Å². The molecule has 0 fully saturated rings. The van der Waals surface area contributed by atoms with E-state index in [0.29, 0.717) is 5.39 Å². The third-order valence-corrected chi connectivity index (χ3v) is 5.09. The van der Waals surface area contributed by atoms with Crippen molar-refractivity contribution in [2.75, 3.05) is 13.7 Å². The summed E-state index contributed by atoms with van der Waals surface area (Å²) in [5.41, 5.74) is 1.59. The number of carbonyl (C=O) groups excluding carboxylic acids is 1. The Kier molecular flexibility index (Phi) is 4.40. The van der Waals surface area contributed by atoms with E-state index in [1.165, 1.54) is 17.5 Å². The van der Waals surface area contributed by atoms with Crippen molar-refractivity contribution in [1.82, 2.24) is 4.98 Å². The van der Waals surface area contributed by atoms with Gasteiger partial charge in [0, 0.05) is 11.1 Å². The Balaban J connectivity index is 2.15. The first-order chi connectivity index (χ1) is 11.6. The van der Waals surface area contributed by atoms with Crippen LogP contribution in [0.3, 0.4) is 0 Å². The van der Waals surface area contributed by atoms with Gasteiger partial charge in [0.2, 0.25) is 5.43 Å². The standard InChI is InChI=1S/C18H17NO4S/c1-4-23-18(21)13-9-19-17-14(15(13)20)10(2)16(24-17)11-5-7-12(22-3)8-6-11/h5-9H,4H2,1-3H3,(H,19,20). The molecule has 0 saturated carbocycles. The molecule has 0 atom stereocenters. The van der Waals surface area contributed by atoms with E-state index in [2.05, 4.69) is 4.98 Å². The monoisotopic (exact) mass is 343 g/mol. The summed E-state index contributed by atoms with van der Waals surface area (Å²) in [5.74, 6) is 0.176. The number of methoxy groups -OCH3 is 1. The second kappa shape index (κ2) is 6.49. The molecular weight excluding hydrogens is 326 g/mol. The quantitative estimate of drug-likeness (QED) is 0.733. The van der Waals surface area contributed by atoms with Gasteiger partial charge in [-0.2, -0.15) is 0 Å². The Morgan fingerprint density at radius 3 is 2.58 bits per heavy atom. The van der Waals surface area contributed by atoms with Gasteiger partial charge in [0.05, 0.1) is 19.1 Å². The molecule has 0 saturated heterocycles. The number of aromatic amines is 1. The van der Waals surface area contributed by atoms with Crippen LogP contribution in [0.25, 0.3) is 20.7 Å². The molecule has 2 heterocycles. The molecular formula is C18H17NO4S. The van der Waals surface area contributed by atoms with E-state index in [1.54, 1.807) is 14.0 Å². The number of pyridine rings is 1. The van der Waals surface area contributed by atoms with Crippen LogP contribution in [0, 0.1) is 6.92 Å². The number of aromatic nitrogens is 1. The molecule has 1 N–H and O–H groups in total. The lowest BCUT2D eigenvalue weighted by molar-refractivity contribution is 0.0524. The molecule has 2 aromatic heterocycles. The number of aryl methyl sites for hydroxylation is 1. The molecule has 24 heavy (non-hydrogen) atoms. The Hall–Kier alpha value is -2.60. The molecule has 0 aliphatic carbocycles. The van der Waals surface area contributed by atoms with Gasteiger partial charge in [-0.3, -0.25) is 4.79 Å². The van der Waals surface area contributed by atoms with Gasteiger partial charge in [-0.15, -0.1) is 11.3 Å². The maximum atomic E-state index is 12.7. The maximum absolute atomic E-state index is 12.7. The minimum Gasteiger partial charge on any atom is -0.497 e. The molecule has 0 amide bonds. The zero-order chi connectivity index (χ0) is 17.3. The van der Waals surface area contributed by atoms with Crippen LogP contribution in [0.5, 0.6) is 5.75 Å². The number of thiophene rings is 1. The van der Waals surface area contributed by atoms with Gasteiger partial charge in [-0.05, 0) is 49.2 Å². The lowest BCUT2D eigenvalue weighted by Gasteiger charge is -2.03. The van der Waals surface area contributed by atoms with Gasteiger partial charge in [-0.25, -0.2) is 4.79 Å². The summed E-state index contributed by atoms with van der Waals surface area (Å²) in [6.07, 6.45) is 1.43. The molecule has 0 bridgehead atoms. The molecule has 0 radical (unpaired) electrons. The van der Waals surface area contributed by atoms with Gasteiger partial charge in [0.25, 0.3) is 0 Å². The molecule has 0 aliphatic rings. The van der Waals surface area contributed by atoms with Gasteiger partial charge in [-0.1, -0.05) is 0 Å². The topological polar surface area (TPSA) is 68.4 Å². The fourth-order valence-electron chi connectivity index (χ4n) is 2.60. The lowest BCUT2D eigenvalue weighted by atomic mass is 10.1. The zero-order valence-electron chi connectivity index (χ0n) is 13.6. The van der Waals surface area contributed by atoms with Crippen LogP contribution >= 0.6 is 11.3 Å². The summed E-state index contributed by atoms with van der Waals surface area (Å²) in [5, 5.41) is 0.538. The SMILES string of the molecule is CCOC(=O)c1c[nH]c2sc(-c3ccc(OC)cc3)c(C)c2c1=O. The molecule has 3 rings (SSSR count). The predicted molar refractivity (Wildman–Crippen MR) is 95.1 cm³/mol. The van der Waals surface area contributed by atoms with Crippen molar-refractivity contribution in [1.29, 1.82) is 0 Å². The number of H-pyrrole nitrogens is 1. The van der Waals surface area contributed by atoms with Gasteiger partial charge in [0.1, 0.15) is 16.1 Å². The number of carbonyl (C=O) groups is 1. The van der Waals surface area contributed by atoms with Crippen molar-refractivity contribution >= 4 is 27.5 Å². The van der Waals surface area contributed by atoms with Crippen molar-refractivity contribution < 1.29 is 14.3 Å². The van der Waals surface area contributed by atoms with E-state index >= 15 is 0 Å². The van der Waals surface area contributed by atoms with E-state index in [-0.39, 0.29) is 17.6 Å². The van der Waals surface area contributed by atoms with Crippen LogP contribution in [0.1, 0.15) is 22.8 Å². The highest BCUT2D eigenvalue weighted by Gasteiger charge is 2.19. The lowest BCUT2D eigenvalue weighted by Crippen LogP contribution is -2.17. The van der Waals surface area contributed by atoms with Crippen LogP contribution in [0.4, 0.5) is 0 Å². The number of hydrogen-bond donors (Lipinski definition) is 1. The highest BCUT2D eigenvalue weighted by molar-refractivity contribution is 7.22.